The number of benzene rings is 1. The Bertz CT molecular complexity index is 590. The van der Waals surface area contributed by atoms with Crippen LogP contribution in [-0.4, -0.2) is 31.0 Å². The molecule has 0 bridgehead atoms. The lowest BCUT2D eigenvalue weighted by atomic mass is 10.1. The van der Waals surface area contributed by atoms with Crippen molar-refractivity contribution in [1.29, 1.82) is 0 Å². The van der Waals surface area contributed by atoms with Gasteiger partial charge in [0.25, 0.3) is 5.91 Å². The van der Waals surface area contributed by atoms with Gasteiger partial charge in [0.05, 0.1) is 11.3 Å². The van der Waals surface area contributed by atoms with Gasteiger partial charge in [-0.25, -0.2) is 4.39 Å². The molecule has 0 saturated carbocycles. The summed E-state index contributed by atoms with van der Waals surface area (Å²) in [5.41, 5.74) is 1.81. The summed E-state index contributed by atoms with van der Waals surface area (Å²) in [4.78, 5) is 16.0. The Kier molecular flexibility index (Phi) is 6.78. The third-order valence-electron chi connectivity index (χ3n) is 2.81. The van der Waals surface area contributed by atoms with E-state index in [9.17, 15) is 9.18 Å². The molecule has 0 atom stereocenters. The molecule has 1 aromatic carbocycles. The second-order valence-electron chi connectivity index (χ2n) is 4.30. The first kappa shape index (κ1) is 17.1. The molecular formula is C15H17ClFN3O. The van der Waals surface area contributed by atoms with Crippen molar-refractivity contribution in [2.45, 2.75) is 0 Å². The lowest BCUT2D eigenvalue weighted by Crippen LogP contribution is -2.30. The molecule has 0 unspecified atom stereocenters. The van der Waals surface area contributed by atoms with Crippen molar-refractivity contribution in [3.63, 3.8) is 0 Å². The molecule has 1 aromatic heterocycles. The molecule has 0 aliphatic heterocycles. The second kappa shape index (κ2) is 8.34. The number of halogens is 2. The molecule has 1 amide bonds. The van der Waals surface area contributed by atoms with Crippen molar-refractivity contribution in [2.75, 3.05) is 20.1 Å². The van der Waals surface area contributed by atoms with Crippen LogP contribution in [0.25, 0.3) is 11.3 Å². The quantitative estimate of drug-likeness (QED) is 0.833. The van der Waals surface area contributed by atoms with E-state index in [1.165, 1.54) is 18.3 Å². The molecule has 0 radical (unpaired) electrons. The van der Waals surface area contributed by atoms with Crippen LogP contribution in [-0.2, 0) is 0 Å². The maximum absolute atomic E-state index is 13.1. The number of carbonyl (C=O) groups excluding carboxylic acids is 1. The summed E-state index contributed by atoms with van der Waals surface area (Å²) in [7, 11) is 1.82. The highest BCUT2D eigenvalue weighted by atomic mass is 35.5. The number of pyridine rings is 1. The van der Waals surface area contributed by atoms with E-state index < -0.39 is 0 Å². The number of aromatic nitrogens is 1. The van der Waals surface area contributed by atoms with E-state index in [2.05, 4.69) is 15.6 Å². The SMILES string of the molecule is CNCCNC(=O)c1ccc(-c2cccc(F)c2)nc1.Cl. The zero-order valence-electron chi connectivity index (χ0n) is 11.6. The van der Waals surface area contributed by atoms with Gasteiger partial charge in [-0.15, -0.1) is 12.4 Å². The lowest BCUT2D eigenvalue weighted by molar-refractivity contribution is 0.0954. The molecule has 6 heteroatoms. The standard InChI is InChI=1S/C15H16FN3O.ClH/c1-17-7-8-18-15(20)12-5-6-14(19-10-12)11-3-2-4-13(16)9-11;/h2-6,9-10,17H,7-8H2,1H3,(H,18,20);1H. The normalized spacial score (nSPS) is 9.81. The predicted octanol–water partition coefficient (Wildman–Crippen LogP) is 2.26. The molecule has 0 fully saturated rings. The highest BCUT2D eigenvalue weighted by molar-refractivity contribution is 5.94. The number of nitrogens with one attached hydrogen (secondary N) is 2. The van der Waals surface area contributed by atoms with Crippen LogP contribution in [0.15, 0.2) is 42.6 Å². The van der Waals surface area contributed by atoms with Crippen LogP contribution in [0.4, 0.5) is 4.39 Å². The van der Waals surface area contributed by atoms with Gasteiger partial charge in [-0.2, -0.15) is 0 Å². The van der Waals surface area contributed by atoms with Crippen LogP contribution < -0.4 is 10.6 Å². The summed E-state index contributed by atoms with van der Waals surface area (Å²) in [6, 6.07) is 9.59. The molecule has 1 heterocycles. The molecule has 2 aromatic rings. The third-order valence-corrected chi connectivity index (χ3v) is 2.81. The summed E-state index contributed by atoms with van der Waals surface area (Å²) in [5.74, 6) is -0.475. The minimum Gasteiger partial charge on any atom is -0.351 e. The Hall–Kier alpha value is -1.98. The molecule has 2 rings (SSSR count). The summed E-state index contributed by atoms with van der Waals surface area (Å²) >= 11 is 0. The Balaban J connectivity index is 0.00000220. The van der Waals surface area contributed by atoms with Gasteiger partial charge in [0.1, 0.15) is 5.82 Å². The van der Waals surface area contributed by atoms with Crippen LogP contribution in [0.5, 0.6) is 0 Å². The van der Waals surface area contributed by atoms with Gasteiger partial charge in [0.2, 0.25) is 0 Å². The summed E-state index contributed by atoms with van der Waals surface area (Å²) in [6.45, 7) is 1.27. The van der Waals surface area contributed by atoms with E-state index in [0.717, 1.165) is 0 Å². The van der Waals surface area contributed by atoms with Crippen LogP contribution >= 0.6 is 12.4 Å². The number of hydrogen-bond acceptors (Lipinski definition) is 3. The number of carbonyl (C=O) groups is 1. The maximum atomic E-state index is 13.1. The predicted molar refractivity (Wildman–Crippen MR) is 83.1 cm³/mol. The monoisotopic (exact) mass is 309 g/mol. The molecule has 0 saturated heterocycles. The third kappa shape index (κ3) is 4.81. The molecular weight excluding hydrogens is 293 g/mol. The Morgan fingerprint density at radius 3 is 2.67 bits per heavy atom. The highest BCUT2D eigenvalue weighted by Gasteiger charge is 2.06. The maximum Gasteiger partial charge on any atom is 0.252 e. The van der Waals surface area contributed by atoms with Crippen molar-refractivity contribution in [3.8, 4) is 11.3 Å². The minimum absolute atomic E-state index is 0. The number of rotatable bonds is 5. The minimum atomic E-state index is -0.307. The fourth-order valence-corrected chi connectivity index (χ4v) is 1.75. The first-order valence-electron chi connectivity index (χ1n) is 6.35. The molecule has 0 aliphatic carbocycles. The molecule has 112 valence electrons. The van der Waals surface area contributed by atoms with E-state index in [1.807, 2.05) is 7.05 Å². The topological polar surface area (TPSA) is 54.0 Å². The van der Waals surface area contributed by atoms with E-state index >= 15 is 0 Å². The average Bonchev–Trinajstić information content (AvgIpc) is 2.47. The summed E-state index contributed by atoms with van der Waals surface area (Å²) in [6.07, 6.45) is 1.49. The molecule has 0 aliphatic rings. The number of nitrogens with zero attached hydrogens (tertiary/aromatic N) is 1. The van der Waals surface area contributed by atoms with Crippen molar-refractivity contribution < 1.29 is 9.18 Å². The van der Waals surface area contributed by atoms with E-state index in [1.54, 1.807) is 24.3 Å². The lowest BCUT2D eigenvalue weighted by Gasteiger charge is -2.05. The van der Waals surface area contributed by atoms with Gasteiger partial charge in [0, 0.05) is 24.8 Å². The fourth-order valence-electron chi connectivity index (χ4n) is 1.75. The van der Waals surface area contributed by atoms with E-state index in [4.69, 9.17) is 0 Å². The van der Waals surface area contributed by atoms with Gasteiger partial charge >= 0.3 is 0 Å². The number of likely N-dealkylation sites (N-methyl/N-ethyl adjacent to an activating group) is 1. The number of hydrogen-bond donors (Lipinski definition) is 2. The van der Waals surface area contributed by atoms with E-state index in [0.29, 0.717) is 29.9 Å². The van der Waals surface area contributed by atoms with E-state index in [-0.39, 0.29) is 24.1 Å². The summed E-state index contributed by atoms with van der Waals surface area (Å²) in [5, 5.41) is 5.71. The average molecular weight is 310 g/mol. The summed E-state index contributed by atoms with van der Waals surface area (Å²) < 4.78 is 13.1. The number of amides is 1. The highest BCUT2D eigenvalue weighted by Crippen LogP contribution is 2.17. The van der Waals surface area contributed by atoms with Crippen LogP contribution in [0.1, 0.15) is 10.4 Å². The van der Waals surface area contributed by atoms with Crippen molar-refractivity contribution in [1.82, 2.24) is 15.6 Å². The Labute approximate surface area is 129 Å². The molecule has 0 spiro atoms. The van der Waals surface area contributed by atoms with Crippen molar-refractivity contribution in [3.05, 3.63) is 54.0 Å². The largest absolute Gasteiger partial charge is 0.351 e. The van der Waals surface area contributed by atoms with Crippen LogP contribution in [0.2, 0.25) is 0 Å². The van der Waals surface area contributed by atoms with Crippen molar-refractivity contribution in [2.24, 2.45) is 0 Å². The zero-order valence-corrected chi connectivity index (χ0v) is 12.4. The van der Waals surface area contributed by atoms with Gasteiger partial charge < -0.3 is 10.6 Å². The molecule has 2 N–H and O–H groups in total. The molecule has 4 nitrogen and oxygen atoms in total. The van der Waals surface area contributed by atoms with Gasteiger partial charge in [-0.1, -0.05) is 12.1 Å². The van der Waals surface area contributed by atoms with Gasteiger partial charge in [0.15, 0.2) is 0 Å². The van der Waals surface area contributed by atoms with Crippen LogP contribution in [0, 0.1) is 5.82 Å². The van der Waals surface area contributed by atoms with Crippen LogP contribution in [0.3, 0.4) is 0 Å². The van der Waals surface area contributed by atoms with Gasteiger partial charge in [-0.05, 0) is 31.3 Å². The first-order chi connectivity index (χ1) is 9.70. The molecule has 21 heavy (non-hydrogen) atoms. The fraction of sp³-hybridized carbons (Fsp3) is 0.200. The Morgan fingerprint density at radius 2 is 2.05 bits per heavy atom. The van der Waals surface area contributed by atoms with Crippen molar-refractivity contribution >= 4 is 18.3 Å². The second-order valence-corrected chi connectivity index (χ2v) is 4.30. The smallest absolute Gasteiger partial charge is 0.252 e. The van der Waals surface area contributed by atoms with Gasteiger partial charge in [-0.3, -0.25) is 9.78 Å². The Morgan fingerprint density at radius 1 is 1.24 bits per heavy atom. The zero-order chi connectivity index (χ0) is 14.4. The first-order valence-corrected chi connectivity index (χ1v) is 6.35.